The first-order valence-corrected chi connectivity index (χ1v) is 9.73. The summed E-state index contributed by atoms with van der Waals surface area (Å²) in [6.45, 7) is 1.95. The molecule has 1 saturated carbocycles. The predicted octanol–water partition coefficient (Wildman–Crippen LogP) is 3.13. The Morgan fingerprint density at radius 2 is 2.30 bits per heavy atom. The van der Waals surface area contributed by atoms with Crippen LogP contribution < -0.4 is 0 Å². The molecule has 6 heteroatoms. The first-order valence-electron chi connectivity index (χ1n) is 9.73. The highest BCUT2D eigenvalue weighted by Gasteiger charge is 2.70. The number of hydrogen-bond donors (Lipinski definition) is 1. The zero-order chi connectivity index (χ0) is 18.2. The largest absolute Gasteiger partial charge is 0.464 e. The quantitative estimate of drug-likeness (QED) is 0.761. The minimum atomic E-state index is 0.0496. The summed E-state index contributed by atoms with van der Waals surface area (Å²) in [5.74, 6) is 1.49. The van der Waals surface area contributed by atoms with Gasteiger partial charge in [0.15, 0.2) is 5.69 Å². The summed E-state index contributed by atoms with van der Waals surface area (Å²) >= 11 is 0. The maximum absolute atomic E-state index is 13.6. The molecule has 0 radical (unpaired) electrons. The molecule has 3 aliphatic rings. The summed E-state index contributed by atoms with van der Waals surface area (Å²) in [6, 6.07) is 10.3. The highest BCUT2D eigenvalue weighted by atomic mass is 16.3. The van der Waals surface area contributed by atoms with Crippen molar-refractivity contribution in [2.45, 2.75) is 30.8 Å². The van der Waals surface area contributed by atoms with E-state index in [9.17, 15) is 4.79 Å². The standard InChI is InChI=1S/C21H22N4O2/c1-24-12-14-11-21(14)18(24)5-2-8-25(21)20(26)19-15-10-13(17-4-3-9-27-17)6-7-16(15)22-23-19/h3-4,6-7,9-10,14,18H,2,5,8,11-12H2,1H3,(H,22,23). The van der Waals surface area contributed by atoms with Gasteiger partial charge in [0.25, 0.3) is 5.91 Å². The zero-order valence-electron chi connectivity index (χ0n) is 15.3. The molecule has 2 aliphatic heterocycles. The molecule has 4 heterocycles. The first-order chi connectivity index (χ1) is 13.2. The van der Waals surface area contributed by atoms with Gasteiger partial charge in [-0.1, -0.05) is 0 Å². The van der Waals surface area contributed by atoms with Crippen molar-refractivity contribution in [3.05, 3.63) is 42.3 Å². The van der Waals surface area contributed by atoms with E-state index in [2.05, 4.69) is 27.0 Å². The molecule has 3 aromatic rings. The Labute approximate surface area is 157 Å². The number of aromatic nitrogens is 2. The summed E-state index contributed by atoms with van der Waals surface area (Å²) in [7, 11) is 2.20. The number of furan rings is 1. The van der Waals surface area contributed by atoms with Gasteiger partial charge in [-0.25, -0.2) is 0 Å². The van der Waals surface area contributed by atoms with Crippen LogP contribution in [-0.2, 0) is 0 Å². The molecule has 1 aliphatic carbocycles. The van der Waals surface area contributed by atoms with Crippen molar-refractivity contribution < 1.29 is 9.21 Å². The number of nitrogens with one attached hydrogen (secondary N) is 1. The van der Waals surface area contributed by atoms with Gasteiger partial charge in [0.2, 0.25) is 0 Å². The van der Waals surface area contributed by atoms with Crippen LogP contribution in [0.1, 0.15) is 29.8 Å². The van der Waals surface area contributed by atoms with Crippen LogP contribution in [0.2, 0.25) is 0 Å². The Hall–Kier alpha value is -2.60. The number of nitrogens with zero attached hydrogens (tertiary/aromatic N) is 3. The number of hydrogen-bond acceptors (Lipinski definition) is 4. The lowest BCUT2D eigenvalue weighted by Gasteiger charge is -2.42. The number of H-pyrrole nitrogens is 1. The fraction of sp³-hybridized carbons (Fsp3) is 0.429. The molecule has 27 heavy (non-hydrogen) atoms. The Morgan fingerprint density at radius 3 is 3.15 bits per heavy atom. The molecule has 2 aromatic heterocycles. The number of amides is 1. The van der Waals surface area contributed by atoms with E-state index < -0.39 is 0 Å². The van der Waals surface area contributed by atoms with Crippen molar-refractivity contribution in [2.75, 3.05) is 20.1 Å². The summed E-state index contributed by atoms with van der Waals surface area (Å²) in [5.41, 5.74) is 2.43. The van der Waals surface area contributed by atoms with Gasteiger partial charge in [-0.3, -0.25) is 9.89 Å². The minimum Gasteiger partial charge on any atom is -0.464 e. The second kappa shape index (κ2) is 5.23. The molecule has 0 bridgehead atoms. The van der Waals surface area contributed by atoms with E-state index in [0.29, 0.717) is 17.7 Å². The maximum atomic E-state index is 13.6. The Morgan fingerprint density at radius 1 is 1.37 bits per heavy atom. The number of benzene rings is 1. The number of piperidine rings is 2. The highest BCUT2D eigenvalue weighted by Crippen LogP contribution is 2.60. The second-order valence-electron chi connectivity index (χ2n) is 8.26. The van der Waals surface area contributed by atoms with Crippen LogP contribution in [0.25, 0.3) is 22.2 Å². The molecule has 3 fully saturated rings. The maximum Gasteiger partial charge on any atom is 0.275 e. The molecule has 3 atom stereocenters. The van der Waals surface area contributed by atoms with Crippen LogP contribution in [-0.4, -0.2) is 57.6 Å². The van der Waals surface area contributed by atoms with Gasteiger partial charge in [-0.2, -0.15) is 5.10 Å². The fourth-order valence-electron chi connectivity index (χ4n) is 5.65. The van der Waals surface area contributed by atoms with Crippen LogP contribution in [0.3, 0.4) is 0 Å². The lowest BCUT2D eigenvalue weighted by Crippen LogP contribution is -2.55. The summed E-state index contributed by atoms with van der Waals surface area (Å²) in [6.07, 6.45) is 5.07. The SMILES string of the molecule is CN1CC2CC23C1CCCN3C(=O)c1n[nH]c2ccc(-c3ccco3)cc12. The predicted molar refractivity (Wildman–Crippen MR) is 101 cm³/mol. The summed E-state index contributed by atoms with van der Waals surface area (Å²) < 4.78 is 5.52. The van der Waals surface area contributed by atoms with Crippen molar-refractivity contribution in [3.63, 3.8) is 0 Å². The van der Waals surface area contributed by atoms with Gasteiger partial charge in [-0.15, -0.1) is 0 Å². The van der Waals surface area contributed by atoms with Crippen molar-refractivity contribution >= 4 is 16.8 Å². The van der Waals surface area contributed by atoms with Crippen molar-refractivity contribution in [3.8, 4) is 11.3 Å². The first kappa shape index (κ1) is 15.5. The number of fused-ring (bicyclic) bond motifs is 1. The Bertz CT molecular complexity index is 1040. The molecular weight excluding hydrogens is 340 g/mol. The van der Waals surface area contributed by atoms with E-state index >= 15 is 0 Å². The van der Waals surface area contributed by atoms with Gasteiger partial charge >= 0.3 is 0 Å². The number of carbonyl (C=O) groups excluding carboxylic acids is 1. The van der Waals surface area contributed by atoms with Crippen molar-refractivity contribution in [2.24, 2.45) is 5.92 Å². The van der Waals surface area contributed by atoms with E-state index in [0.717, 1.165) is 48.2 Å². The van der Waals surface area contributed by atoms with E-state index in [1.54, 1.807) is 6.26 Å². The molecule has 6 nitrogen and oxygen atoms in total. The highest BCUT2D eigenvalue weighted by molar-refractivity contribution is 6.06. The fourth-order valence-corrected chi connectivity index (χ4v) is 5.65. The van der Waals surface area contributed by atoms with Gasteiger partial charge < -0.3 is 14.2 Å². The summed E-state index contributed by atoms with van der Waals surface area (Å²) in [5, 5.41) is 8.32. The Balaban J connectivity index is 1.41. The van der Waals surface area contributed by atoms with E-state index in [4.69, 9.17) is 4.42 Å². The second-order valence-corrected chi connectivity index (χ2v) is 8.26. The van der Waals surface area contributed by atoms with Crippen LogP contribution in [0.4, 0.5) is 0 Å². The van der Waals surface area contributed by atoms with Gasteiger partial charge in [0.05, 0.1) is 17.3 Å². The molecule has 1 spiro atoms. The third-order valence-corrected chi connectivity index (χ3v) is 6.92. The monoisotopic (exact) mass is 362 g/mol. The zero-order valence-corrected chi connectivity index (χ0v) is 15.3. The lowest BCUT2D eigenvalue weighted by atomic mass is 9.93. The molecular formula is C21H22N4O2. The number of aromatic amines is 1. The van der Waals surface area contributed by atoms with Crippen LogP contribution in [0.5, 0.6) is 0 Å². The molecule has 1 amide bonds. The number of carbonyl (C=O) groups is 1. The van der Waals surface area contributed by atoms with Crippen LogP contribution >= 0.6 is 0 Å². The van der Waals surface area contributed by atoms with E-state index in [1.807, 2.05) is 30.3 Å². The third kappa shape index (κ3) is 1.99. The van der Waals surface area contributed by atoms with E-state index in [1.165, 1.54) is 6.42 Å². The molecule has 3 unspecified atom stereocenters. The Kier molecular flexibility index (Phi) is 2.99. The summed E-state index contributed by atoms with van der Waals surface area (Å²) in [4.78, 5) is 18.1. The average molecular weight is 362 g/mol. The van der Waals surface area contributed by atoms with Gasteiger partial charge in [-0.05, 0) is 62.6 Å². The molecule has 1 N–H and O–H groups in total. The van der Waals surface area contributed by atoms with Crippen LogP contribution in [0.15, 0.2) is 41.0 Å². The molecule has 6 rings (SSSR count). The smallest absolute Gasteiger partial charge is 0.275 e. The number of rotatable bonds is 2. The number of likely N-dealkylation sites (N-methyl/N-ethyl adjacent to an activating group) is 1. The van der Waals surface area contributed by atoms with E-state index in [-0.39, 0.29) is 11.4 Å². The minimum absolute atomic E-state index is 0.0496. The molecule has 138 valence electrons. The van der Waals surface area contributed by atoms with Crippen molar-refractivity contribution in [1.82, 2.24) is 20.0 Å². The lowest BCUT2D eigenvalue weighted by molar-refractivity contribution is 0.0415. The molecule has 2 saturated heterocycles. The third-order valence-electron chi connectivity index (χ3n) is 6.92. The van der Waals surface area contributed by atoms with Crippen molar-refractivity contribution in [1.29, 1.82) is 0 Å². The average Bonchev–Trinajstić information content (AvgIpc) is 3.11. The normalized spacial score (nSPS) is 29.7. The van der Waals surface area contributed by atoms with Gasteiger partial charge in [0.1, 0.15) is 5.76 Å². The molecule has 1 aromatic carbocycles. The van der Waals surface area contributed by atoms with Crippen LogP contribution in [0, 0.1) is 5.92 Å². The van der Waals surface area contributed by atoms with Gasteiger partial charge in [0, 0.05) is 30.1 Å². The topological polar surface area (TPSA) is 65.4 Å². The number of likely N-dealkylation sites (tertiary alicyclic amines) is 2.